The van der Waals surface area contributed by atoms with E-state index in [1.54, 1.807) is 0 Å². The number of rotatable bonds is 1. The van der Waals surface area contributed by atoms with Gasteiger partial charge in [-0.2, -0.15) is 0 Å². The second-order valence-electron chi connectivity index (χ2n) is 4.93. The van der Waals surface area contributed by atoms with Crippen LogP contribution >= 0.6 is 0 Å². The number of hydrogen-bond donors (Lipinski definition) is 1. The van der Waals surface area contributed by atoms with Crippen LogP contribution in [0.2, 0.25) is 0 Å². The van der Waals surface area contributed by atoms with Crippen molar-refractivity contribution in [1.82, 2.24) is 0 Å². The van der Waals surface area contributed by atoms with Crippen LogP contribution in [0.15, 0.2) is 24.3 Å². The fourth-order valence-electron chi connectivity index (χ4n) is 2.91. The smallest absolute Gasteiger partial charge is 0.0802 e. The monoisotopic (exact) mass is 203 g/mol. The minimum absolute atomic E-state index is 0.226. The van der Waals surface area contributed by atoms with Gasteiger partial charge in [0.05, 0.1) is 17.7 Å². The van der Waals surface area contributed by atoms with Crippen molar-refractivity contribution in [2.45, 2.75) is 43.9 Å². The molecule has 0 aliphatic carbocycles. The first-order chi connectivity index (χ1) is 7.18. The van der Waals surface area contributed by atoms with Crippen LogP contribution in [0.1, 0.15) is 30.4 Å². The van der Waals surface area contributed by atoms with Gasteiger partial charge in [-0.25, -0.2) is 0 Å². The van der Waals surface area contributed by atoms with Crippen LogP contribution in [-0.4, -0.2) is 12.2 Å². The van der Waals surface area contributed by atoms with Gasteiger partial charge in [-0.3, -0.25) is 0 Å². The Hall–Kier alpha value is -0.860. The minimum atomic E-state index is -0.226. The van der Waals surface area contributed by atoms with Crippen LogP contribution in [0.3, 0.4) is 0 Å². The van der Waals surface area contributed by atoms with E-state index in [4.69, 9.17) is 10.5 Å². The maximum Gasteiger partial charge on any atom is 0.0802 e. The van der Waals surface area contributed by atoms with Gasteiger partial charge in [0, 0.05) is 0 Å². The zero-order valence-corrected chi connectivity index (χ0v) is 9.07. The van der Waals surface area contributed by atoms with E-state index in [0.29, 0.717) is 6.10 Å². The van der Waals surface area contributed by atoms with Crippen LogP contribution in [0.25, 0.3) is 0 Å². The van der Waals surface area contributed by atoms with Gasteiger partial charge in [0.1, 0.15) is 0 Å². The topological polar surface area (TPSA) is 35.2 Å². The van der Waals surface area contributed by atoms with Crippen LogP contribution in [0.5, 0.6) is 0 Å². The molecule has 0 amide bonds. The standard InChI is InChI=1S/C13H17NO/c1-9-2-4-10(5-3-9)13(14)8-11-6-7-12(13)15-11/h2-5,11-12H,6-8,14H2,1H3. The summed E-state index contributed by atoms with van der Waals surface area (Å²) in [6, 6.07) is 8.57. The third-order valence-corrected chi connectivity index (χ3v) is 3.84. The van der Waals surface area contributed by atoms with Crippen molar-refractivity contribution in [3.63, 3.8) is 0 Å². The highest BCUT2D eigenvalue weighted by molar-refractivity contribution is 5.31. The first kappa shape index (κ1) is 9.37. The summed E-state index contributed by atoms with van der Waals surface area (Å²) in [6.45, 7) is 2.10. The second-order valence-corrected chi connectivity index (χ2v) is 4.93. The molecule has 1 aromatic rings. The lowest BCUT2D eigenvalue weighted by atomic mass is 9.77. The van der Waals surface area contributed by atoms with Gasteiger partial charge in [0.15, 0.2) is 0 Å². The lowest BCUT2D eigenvalue weighted by molar-refractivity contribution is 0.0853. The van der Waals surface area contributed by atoms with E-state index >= 15 is 0 Å². The summed E-state index contributed by atoms with van der Waals surface area (Å²) in [7, 11) is 0. The molecule has 80 valence electrons. The molecule has 2 bridgehead atoms. The summed E-state index contributed by atoms with van der Waals surface area (Å²) in [6.07, 6.45) is 3.94. The molecule has 0 aromatic heterocycles. The predicted molar refractivity (Wildman–Crippen MR) is 59.6 cm³/mol. The molecule has 0 spiro atoms. The molecule has 2 aliphatic heterocycles. The van der Waals surface area contributed by atoms with Gasteiger partial charge in [-0.05, 0) is 31.7 Å². The van der Waals surface area contributed by atoms with Crippen LogP contribution in [0, 0.1) is 6.92 Å². The molecule has 3 atom stereocenters. The van der Waals surface area contributed by atoms with E-state index in [2.05, 4.69) is 31.2 Å². The molecule has 3 unspecified atom stereocenters. The summed E-state index contributed by atoms with van der Waals surface area (Å²) in [5.41, 5.74) is 8.79. The highest BCUT2D eigenvalue weighted by Gasteiger charge is 2.50. The van der Waals surface area contributed by atoms with Gasteiger partial charge in [0.2, 0.25) is 0 Å². The van der Waals surface area contributed by atoms with E-state index in [-0.39, 0.29) is 11.6 Å². The quantitative estimate of drug-likeness (QED) is 0.758. The van der Waals surface area contributed by atoms with Gasteiger partial charge < -0.3 is 10.5 Å². The molecule has 2 heteroatoms. The summed E-state index contributed by atoms with van der Waals surface area (Å²) >= 11 is 0. The third kappa shape index (κ3) is 1.32. The molecular formula is C13H17NO. The summed E-state index contributed by atoms with van der Waals surface area (Å²) < 4.78 is 5.85. The van der Waals surface area contributed by atoms with E-state index in [0.717, 1.165) is 12.8 Å². The van der Waals surface area contributed by atoms with E-state index < -0.39 is 0 Å². The molecule has 2 heterocycles. The molecule has 0 radical (unpaired) electrons. The fourth-order valence-corrected chi connectivity index (χ4v) is 2.91. The lowest BCUT2D eigenvalue weighted by Crippen LogP contribution is -2.45. The van der Waals surface area contributed by atoms with Crippen molar-refractivity contribution >= 4 is 0 Å². The first-order valence-corrected chi connectivity index (χ1v) is 5.70. The lowest BCUT2D eigenvalue weighted by Gasteiger charge is -2.31. The Morgan fingerprint density at radius 1 is 1.27 bits per heavy atom. The number of nitrogens with two attached hydrogens (primary N) is 1. The molecule has 3 rings (SSSR count). The summed E-state index contributed by atoms with van der Waals surface area (Å²) in [5.74, 6) is 0. The summed E-state index contributed by atoms with van der Waals surface area (Å²) in [4.78, 5) is 0. The molecule has 1 aromatic carbocycles. The second kappa shape index (κ2) is 3.06. The number of benzene rings is 1. The fraction of sp³-hybridized carbons (Fsp3) is 0.538. The number of fused-ring (bicyclic) bond motifs is 2. The van der Waals surface area contributed by atoms with Crippen molar-refractivity contribution in [1.29, 1.82) is 0 Å². The first-order valence-electron chi connectivity index (χ1n) is 5.70. The molecular weight excluding hydrogens is 186 g/mol. The maximum absolute atomic E-state index is 6.49. The van der Waals surface area contributed by atoms with Gasteiger partial charge in [-0.15, -0.1) is 0 Å². The molecule has 2 nitrogen and oxygen atoms in total. The number of ether oxygens (including phenoxy) is 1. The van der Waals surface area contributed by atoms with Gasteiger partial charge in [0.25, 0.3) is 0 Å². The average Bonchev–Trinajstić information content (AvgIpc) is 2.78. The molecule has 2 aliphatic rings. The number of hydrogen-bond acceptors (Lipinski definition) is 2. The average molecular weight is 203 g/mol. The Morgan fingerprint density at radius 2 is 2.00 bits per heavy atom. The van der Waals surface area contributed by atoms with Crippen LogP contribution in [-0.2, 0) is 10.3 Å². The van der Waals surface area contributed by atoms with Gasteiger partial charge >= 0.3 is 0 Å². The maximum atomic E-state index is 6.49. The molecule has 2 fully saturated rings. The van der Waals surface area contributed by atoms with Crippen molar-refractivity contribution in [2.75, 3.05) is 0 Å². The Morgan fingerprint density at radius 3 is 2.53 bits per heavy atom. The Balaban J connectivity index is 1.96. The van der Waals surface area contributed by atoms with Gasteiger partial charge in [-0.1, -0.05) is 29.8 Å². The van der Waals surface area contributed by atoms with E-state index in [1.165, 1.54) is 17.5 Å². The van der Waals surface area contributed by atoms with Crippen molar-refractivity contribution in [2.24, 2.45) is 5.73 Å². The van der Waals surface area contributed by atoms with Crippen molar-refractivity contribution in [3.8, 4) is 0 Å². The molecule has 2 N–H and O–H groups in total. The van der Waals surface area contributed by atoms with E-state index in [9.17, 15) is 0 Å². The Kier molecular flexibility index (Phi) is 1.91. The SMILES string of the molecule is Cc1ccc(C2(N)CC3CCC2O3)cc1. The zero-order chi connectivity index (χ0) is 10.5. The Labute approximate surface area is 90.4 Å². The number of aryl methyl sites for hydroxylation is 1. The Bertz CT molecular complexity index is 373. The third-order valence-electron chi connectivity index (χ3n) is 3.84. The molecule has 0 saturated carbocycles. The largest absolute Gasteiger partial charge is 0.373 e. The van der Waals surface area contributed by atoms with Crippen molar-refractivity contribution < 1.29 is 4.74 Å². The highest BCUT2D eigenvalue weighted by Crippen LogP contribution is 2.45. The van der Waals surface area contributed by atoms with Crippen LogP contribution < -0.4 is 5.73 Å². The highest BCUT2D eigenvalue weighted by atomic mass is 16.5. The van der Waals surface area contributed by atoms with Crippen molar-refractivity contribution in [3.05, 3.63) is 35.4 Å². The normalized spacial score (nSPS) is 38.5. The van der Waals surface area contributed by atoms with Crippen LogP contribution in [0.4, 0.5) is 0 Å². The van der Waals surface area contributed by atoms with E-state index in [1.807, 2.05) is 0 Å². The predicted octanol–water partition coefficient (Wildman–Crippen LogP) is 2.10. The summed E-state index contributed by atoms with van der Waals surface area (Å²) in [5, 5.41) is 0. The molecule has 2 saturated heterocycles. The minimum Gasteiger partial charge on any atom is -0.373 e. The molecule has 15 heavy (non-hydrogen) atoms. The zero-order valence-electron chi connectivity index (χ0n) is 9.07.